The normalized spacial score (nSPS) is 15.9. The summed E-state index contributed by atoms with van der Waals surface area (Å²) in [6, 6.07) is 3.61. The first kappa shape index (κ1) is 11.0. The summed E-state index contributed by atoms with van der Waals surface area (Å²) < 4.78 is 11.2. The largest absolute Gasteiger partial charge is 0.487 e. The molecule has 4 nitrogen and oxygen atoms in total. The zero-order valence-electron chi connectivity index (χ0n) is 9.99. The quantitative estimate of drug-likeness (QED) is 0.853. The highest BCUT2D eigenvalue weighted by atomic mass is 16.5. The number of nitrogen functional groups attached to an aromatic ring is 1. The number of ether oxygens (including phenoxy) is 2. The van der Waals surface area contributed by atoms with Crippen molar-refractivity contribution in [2.24, 2.45) is 0 Å². The second kappa shape index (κ2) is 3.85. The molecule has 16 heavy (non-hydrogen) atoms. The van der Waals surface area contributed by atoms with Gasteiger partial charge in [0.2, 0.25) is 5.88 Å². The molecule has 0 amide bonds. The fourth-order valence-electron chi connectivity index (χ4n) is 1.28. The van der Waals surface area contributed by atoms with Crippen molar-refractivity contribution in [3.05, 3.63) is 12.1 Å². The molecule has 0 radical (unpaired) electrons. The minimum absolute atomic E-state index is 0.266. The molecule has 2 rings (SSSR count). The van der Waals surface area contributed by atoms with Gasteiger partial charge in [-0.3, -0.25) is 0 Å². The maximum atomic E-state index is 5.80. The van der Waals surface area contributed by atoms with Gasteiger partial charge in [-0.1, -0.05) is 0 Å². The average Bonchev–Trinajstić information content (AvgIpc) is 2.90. The molecule has 0 saturated heterocycles. The Morgan fingerprint density at radius 2 is 2.00 bits per heavy atom. The molecule has 1 heterocycles. The molecule has 2 N–H and O–H groups in total. The fraction of sp³-hybridized carbons (Fsp3) is 0.583. The molecule has 0 unspecified atom stereocenters. The highest BCUT2D eigenvalue weighted by Gasteiger charge is 2.24. The van der Waals surface area contributed by atoms with Crippen LogP contribution in [-0.4, -0.2) is 16.7 Å². The lowest BCUT2D eigenvalue weighted by molar-refractivity contribution is 0.124. The summed E-state index contributed by atoms with van der Waals surface area (Å²) in [7, 11) is 0. The van der Waals surface area contributed by atoms with Crippen molar-refractivity contribution in [3.8, 4) is 11.6 Å². The number of rotatable bonds is 3. The fourth-order valence-corrected chi connectivity index (χ4v) is 1.28. The Morgan fingerprint density at radius 1 is 1.31 bits per heavy atom. The number of aromatic nitrogens is 1. The first-order valence-corrected chi connectivity index (χ1v) is 5.56. The third-order valence-corrected chi connectivity index (χ3v) is 2.09. The SMILES string of the molecule is CC(C)(C)Oc1ccc(OC2CC2)c(N)n1. The molecule has 1 aliphatic carbocycles. The number of hydrogen-bond acceptors (Lipinski definition) is 4. The van der Waals surface area contributed by atoms with Crippen LogP contribution in [0.2, 0.25) is 0 Å². The van der Waals surface area contributed by atoms with Crippen LogP contribution < -0.4 is 15.2 Å². The van der Waals surface area contributed by atoms with Crippen LogP contribution in [0.5, 0.6) is 11.6 Å². The third-order valence-electron chi connectivity index (χ3n) is 2.09. The molecule has 0 spiro atoms. The molecule has 4 heteroatoms. The average molecular weight is 222 g/mol. The van der Waals surface area contributed by atoms with Gasteiger partial charge in [0.25, 0.3) is 0 Å². The van der Waals surface area contributed by atoms with Crippen molar-refractivity contribution in [3.63, 3.8) is 0 Å². The van der Waals surface area contributed by atoms with Crippen molar-refractivity contribution in [2.75, 3.05) is 5.73 Å². The van der Waals surface area contributed by atoms with Crippen molar-refractivity contribution in [1.82, 2.24) is 4.98 Å². The van der Waals surface area contributed by atoms with E-state index in [1.165, 1.54) is 0 Å². The van der Waals surface area contributed by atoms with Crippen LogP contribution in [0.25, 0.3) is 0 Å². The summed E-state index contributed by atoms with van der Waals surface area (Å²) in [5.74, 6) is 1.59. The van der Waals surface area contributed by atoms with E-state index in [9.17, 15) is 0 Å². The second-order valence-electron chi connectivity index (χ2n) is 5.06. The first-order chi connectivity index (χ1) is 7.44. The Balaban J connectivity index is 2.08. The Morgan fingerprint density at radius 3 is 2.50 bits per heavy atom. The van der Waals surface area contributed by atoms with Gasteiger partial charge in [-0.25, -0.2) is 0 Å². The van der Waals surface area contributed by atoms with E-state index in [2.05, 4.69) is 4.98 Å². The first-order valence-electron chi connectivity index (χ1n) is 5.56. The van der Waals surface area contributed by atoms with Crippen molar-refractivity contribution in [1.29, 1.82) is 0 Å². The summed E-state index contributed by atoms with van der Waals surface area (Å²) >= 11 is 0. The third kappa shape index (κ3) is 3.02. The lowest BCUT2D eigenvalue weighted by atomic mass is 10.2. The zero-order chi connectivity index (χ0) is 11.8. The number of pyridine rings is 1. The molecule has 1 aromatic heterocycles. The van der Waals surface area contributed by atoms with Gasteiger partial charge < -0.3 is 15.2 Å². The van der Waals surface area contributed by atoms with Gasteiger partial charge in [0.15, 0.2) is 11.6 Å². The topological polar surface area (TPSA) is 57.4 Å². The number of anilines is 1. The standard InChI is InChI=1S/C12H18N2O2/c1-12(2,3)16-10-7-6-9(11(13)14-10)15-8-4-5-8/h6-8H,4-5H2,1-3H3,(H2,13,14). The Hall–Kier alpha value is -1.45. The predicted octanol–water partition coefficient (Wildman–Crippen LogP) is 2.38. The van der Waals surface area contributed by atoms with Crippen LogP contribution >= 0.6 is 0 Å². The Kier molecular flexibility index (Phi) is 2.66. The maximum absolute atomic E-state index is 5.80. The summed E-state index contributed by atoms with van der Waals surface area (Å²) in [4.78, 5) is 4.17. The van der Waals surface area contributed by atoms with Gasteiger partial charge in [-0.15, -0.1) is 0 Å². The summed E-state index contributed by atoms with van der Waals surface area (Å²) in [5.41, 5.74) is 5.53. The summed E-state index contributed by atoms with van der Waals surface area (Å²) in [5, 5.41) is 0. The van der Waals surface area contributed by atoms with Crippen molar-refractivity contribution < 1.29 is 9.47 Å². The zero-order valence-corrected chi connectivity index (χ0v) is 9.99. The second-order valence-corrected chi connectivity index (χ2v) is 5.06. The van der Waals surface area contributed by atoms with E-state index in [-0.39, 0.29) is 5.60 Å². The van der Waals surface area contributed by atoms with E-state index in [1.54, 1.807) is 6.07 Å². The van der Waals surface area contributed by atoms with E-state index in [1.807, 2.05) is 26.8 Å². The highest BCUT2D eigenvalue weighted by molar-refractivity contribution is 5.47. The van der Waals surface area contributed by atoms with Crippen LogP contribution in [-0.2, 0) is 0 Å². The van der Waals surface area contributed by atoms with Crippen LogP contribution in [0.1, 0.15) is 33.6 Å². The molecule has 0 bridgehead atoms. The minimum Gasteiger partial charge on any atom is -0.487 e. The molecule has 1 fully saturated rings. The number of nitrogens with two attached hydrogens (primary N) is 1. The van der Waals surface area contributed by atoms with E-state index < -0.39 is 0 Å². The number of hydrogen-bond donors (Lipinski definition) is 1. The van der Waals surface area contributed by atoms with Crippen LogP contribution in [0.4, 0.5) is 5.82 Å². The summed E-state index contributed by atoms with van der Waals surface area (Å²) in [6.07, 6.45) is 2.55. The van der Waals surface area contributed by atoms with Crippen LogP contribution in [0, 0.1) is 0 Å². The van der Waals surface area contributed by atoms with E-state index >= 15 is 0 Å². The Labute approximate surface area is 95.8 Å². The summed E-state index contributed by atoms with van der Waals surface area (Å²) in [6.45, 7) is 5.92. The smallest absolute Gasteiger partial charge is 0.215 e. The molecule has 0 aromatic carbocycles. The predicted molar refractivity (Wildman–Crippen MR) is 62.7 cm³/mol. The lowest BCUT2D eigenvalue weighted by Crippen LogP contribution is -2.23. The molecule has 88 valence electrons. The van der Waals surface area contributed by atoms with Gasteiger partial charge in [0.05, 0.1) is 6.10 Å². The van der Waals surface area contributed by atoms with Gasteiger partial charge in [-0.2, -0.15) is 4.98 Å². The lowest BCUT2D eigenvalue weighted by Gasteiger charge is -2.20. The van der Waals surface area contributed by atoms with Crippen molar-refractivity contribution >= 4 is 5.82 Å². The number of nitrogens with zero attached hydrogens (tertiary/aromatic N) is 1. The van der Waals surface area contributed by atoms with E-state index in [4.69, 9.17) is 15.2 Å². The van der Waals surface area contributed by atoms with Crippen molar-refractivity contribution in [2.45, 2.75) is 45.3 Å². The molecule has 1 aliphatic rings. The maximum Gasteiger partial charge on any atom is 0.215 e. The monoisotopic (exact) mass is 222 g/mol. The minimum atomic E-state index is -0.266. The Bertz CT molecular complexity index is 381. The molecule has 1 aromatic rings. The molecular weight excluding hydrogens is 204 g/mol. The van der Waals surface area contributed by atoms with Gasteiger partial charge >= 0.3 is 0 Å². The van der Waals surface area contributed by atoms with Gasteiger partial charge in [0.1, 0.15) is 5.60 Å². The molecule has 1 saturated carbocycles. The highest BCUT2D eigenvalue weighted by Crippen LogP contribution is 2.31. The molecular formula is C12H18N2O2. The van der Waals surface area contributed by atoms with Gasteiger partial charge in [-0.05, 0) is 39.7 Å². The van der Waals surface area contributed by atoms with Crippen LogP contribution in [0.15, 0.2) is 12.1 Å². The molecule has 0 aliphatic heterocycles. The van der Waals surface area contributed by atoms with E-state index in [0.717, 1.165) is 12.8 Å². The van der Waals surface area contributed by atoms with E-state index in [0.29, 0.717) is 23.6 Å². The van der Waals surface area contributed by atoms with Gasteiger partial charge in [0, 0.05) is 6.07 Å². The van der Waals surface area contributed by atoms with Crippen LogP contribution in [0.3, 0.4) is 0 Å². The molecule has 0 atom stereocenters.